The molecule has 1 aliphatic rings. The molecule has 8 heteroatoms. The predicted octanol–water partition coefficient (Wildman–Crippen LogP) is 4.07. The van der Waals surface area contributed by atoms with Crippen molar-refractivity contribution in [1.29, 1.82) is 0 Å². The quantitative estimate of drug-likeness (QED) is 0.716. The van der Waals surface area contributed by atoms with Gasteiger partial charge in [-0.2, -0.15) is 0 Å². The highest BCUT2D eigenvalue weighted by molar-refractivity contribution is 7.21. The Morgan fingerprint density at radius 2 is 2.00 bits per heavy atom. The van der Waals surface area contributed by atoms with Gasteiger partial charge in [0.05, 0.1) is 16.0 Å². The average molecular weight is 403 g/mol. The molecule has 0 aliphatic carbocycles. The maximum Gasteiger partial charge on any atom is 0.267 e. The van der Waals surface area contributed by atoms with E-state index in [2.05, 4.69) is 10.3 Å². The first-order valence-electron chi connectivity index (χ1n) is 9.30. The molecule has 0 aromatic carbocycles. The Labute approximate surface area is 165 Å². The van der Waals surface area contributed by atoms with Gasteiger partial charge < -0.3 is 0 Å². The number of aromatic nitrogens is 3. The van der Waals surface area contributed by atoms with Gasteiger partial charge in [0.15, 0.2) is 5.13 Å². The number of hydrogen-bond donors (Lipinski definition) is 1. The van der Waals surface area contributed by atoms with Crippen LogP contribution in [0.15, 0.2) is 4.79 Å². The van der Waals surface area contributed by atoms with Crippen molar-refractivity contribution in [1.82, 2.24) is 14.5 Å². The number of amides is 1. The summed E-state index contributed by atoms with van der Waals surface area (Å²) < 4.78 is 1.80. The van der Waals surface area contributed by atoms with Crippen molar-refractivity contribution in [2.24, 2.45) is 0 Å². The van der Waals surface area contributed by atoms with Gasteiger partial charge in [-0.25, -0.2) is 9.97 Å². The minimum Gasteiger partial charge on any atom is -0.297 e. The number of hydrogen-bond acceptors (Lipinski definition) is 6. The van der Waals surface area contributed by atoms with Gasteiger partial charge in [-0.1, -0.05) is 13.3 Å². The van der Waals surface area contributed by atoms with Crippen molar-refractivity contribution in [2.75, 3.05) is 5.32 Å². The van der Waals surface area contributed by atoms with Gasteiger partial charge >= 0.3 is 0 Å². The van der Waals surface area contributed by atoms with Crippen molar-refractivity contribution in [3.8, 4) is 0 Å². The zero-order chi connectivity index (χ0) is 19.1. The molecule has 3 aromatic rings. The molecule has 0 spiro atoms. The monoisotopic (exact) mass is 402 g/mol. The van der Waals surface area contributed by atoms with Crippen LogP contribution >= 0.6 is 22.7 Å². The first-order valence-corrected chi connectivity index (χ1v) is 10.9. The lowest BCUT2D eigenvalue weighted by Crippen LogP contribution is -2.24. The van der Waals surface area contributed by atoms with Gasteiger partial charge in [0.1, 0.15) is 10.7 Å². The second-order valence-electron chi connectivity index (χ2n) is 6.86. The Morgan fingerprint density at radius 3 is 2.74 bits per heavy atom. The van der Waals surface area contributed by atoms with Crippen LogP contribution in [-0.2, 0) is 19.4 Å². The summed E-state index contributed by atoms with van der Waals surface area (Å²) in [6.07, 6.45) is 4.84. The number of aryl methyl sites for hydroxylation is 4. The molecular weight excluding hydrogens is 380 g/mol. The van der Waals surface area contributed by atoms with E-state index in [1.165, 1.54) is 22.7 Å². The number of carbonyl (C=O) groups excluding carboxylic acids is 1. The third-order valence-corrected chi connectivity index (χ3v) is 7.18. The first-order chi connectivity index (χ1) is 13.0. The number of thiazole rings is 1. The summed E-state index contributed by atoms with van der Waals surface area (Å²) in [5, 5.41) is 4.08. The fraction of sp³-hybridized carbons (Fsp3) is 0.474. The molecule has 4 heterocycles. The normalized spacial score (nSPS) is 14.2. The number of nitrogens with one attached hydrogen (secondary N) is 1. The highest BCUT2D eigenvalue weighted by Crippen LogP contribution is 2.30. The van der Waals surface area contributed by atoms with Gasteiger partial charge in [0.25, 0.3) is 11.5 Å². The molecule has 0 fully saturated rings. The molecule has 0 saturated heterocycles. The first kappa shape index (κ1) is 18.3. The summed E-state index contributed by atoms with van der Waals surface area (Å²) >= 11 is 2.78. The fourth-order valence-corrected chi connectivity index (χ4v) is 5.57. The average Bonchev–Trinajstić information content (AvgIpc) is 3.04. The number of rotatable bonds is 3. The highest BCUT2D eigenvalue weighted by Gasteiger charge is 2.23. The number of anilines is 1. The van der Waals surface area contributed by atoms with Crippen LogP contribution in [0.3, 0.4) is 0 Å². The van der Waals surface area contributed by atoms with Crippen LogP contribution in [0, 0.1) is 13.8 Å². The Morgan fingerprint density at radius 1 is 1.19 bits per heavy atom. The Bertz CT molecular complexity index is 1090. The third-order valence-electron chi connectivity index (χ3n) is 5.07. The van der Waals surface area contributed by atoms with E-state index in [4.69, 9.17) is 4.98 Å². The molecule has 3 aromatic heterocycles. The molecule has 1 amide bonds. The van der Waals surface area contributed by atoms with Crippen LogP contribution in [0.4, 0.5) is 5.13 Å². The van der Waals surface area contributed by atoms with Crippen molar-refractivity contribution in [3.05, 3.63) is 37.2 Å². The van der Waals surface area contributed by atoms with E-state index in [9.17, 15) is 9.59 Å². The molecule has 27 heavy (non-hydrogen) atoms. The van der Waals surface area contributed by atoms with Crippen molar-refractivity contribution in [3.63, 3.8) is 0 Å². The minimum absolute atomic E-state index is 0.0111. The molecule has 142 valence electrons. The SMILES string of the molecule is CCc1nc(NC(=O)c2sc3nc4n(c(=O)c3c2C)CCCCC4)sc1C. The summed E-state index contributed by atoms with van der Waals surface area (Å²) in [6.45, 7) is 6.61. The lowest BCUT2D eigenvalue weighted by Gasteiger charge is -2.08. The van der Waals surface area contributed by atoms with E-state index >= 15 is 0 Å². The van der Waals surface area contributed by atoms with E-state index in [0.29, 0.717) is 32.3 Å². The maximum absolute atomic E-state index is 13.0. The molecule has 0 atom stereocenters. The molecule has 0 radical (unpaired) electrons. The Hall–Kier alpha value is -2.06. The van der Waals surface area contributed by atoms with E-state index < -0.39 is 0 Å². The van der Waals surface area contributed by atoms with Crippen LogP contribution in [0.25, 0.3) is 10.2 Å². The molecular formula is C19H22N4O2S2. The van der Waals surface area contributed by atoms with Crippen molar-refractivity contribution >= 4 is 43.9 Å². The van der Waals surface area contributed by atoms with E-state index in [-0.39, 0.29) is 11.5 Å². The van der Waals surface area contributed by atoms with Crippen molar-refractivity contribution < 1.29 is 4.79 Å². The number of carbonyl (C=O) groups is 1. The van der Waals surface area contributed by atoms with Gasteiger partial charge in [0, 0.05) is 17.8 Å². The van der Waals surface area contributed by atoms with Crippen molar-refractivity contribution in [2.45, 2.75) is 59.4 Å². The molecule has 1 N–H and O–H groups in total. The molecule has 0 bridgehead atoms. The number of nitrogens with zero attached hydrogens (tertiary/aromatic N) is 3. The van der Waals surface area contributed by atoms with E-state index in [0.717, 1.165) is 48.5 Å². The van der Waals surface area contributed by atoms with Crippen LogP contribution in [0.1, 0.15) is 57.8 Å². The summed E-state index contributed by atoms with van der Waals surface area (Å²) in [7, 11) is 0. The van der Waals surface area contributed by atoms with Gasteiger partial charge in [-0.15, -0.1) is 22.7 Å². The third kappa shape index (κ3) is 3.21. The Balaban J connectivity index is 1.74. The number of fused-ring (bicyclic) bond motifs is 2. The summed E-state index contributed by atoms with van der Waals surface area (Å²) in [5.41, 5.74) is 1.71. The van der Waals surface area contributed by atoms with Crippen LogP contribution in [0.5, 0.6) is 0 Å². The number of thiophene rings is 1. The zero-order valence-electron chi connectivity index (χ0n) is 15.7. The van der Waals surface area contributed by atoms with Gasteiger partial charge in [-0.3, -0.25) is 19.5 Å². The van der Waals surface area contributed by atoms with Crippen LogP contribution in [0.2, 0.25) is 0 Å². The van der Waals surface area contributed by atoms with E-state index in [1.54, 1.807) is 4.57 Å². The van der Waals surface area contributed by atoms with E-state index in [1.807, 2.05) is 20.8 Å². The standard InChI is InChI=1S/C19H22N4O2S2/c1-4-12-11(3)26-19(20-12)22-16(24)15-10(2)14-17(27-15)21-13-8-6-5-7-9-23(13)18(14)25/h4-9H2,1-3H3,(H,20,22,24). The van der Waals surface area contributed by atoms with Crippen LogP contribution < -0.4 is 10.9 Å². The Kier molecular flexibility index (Phi) is 4.86. The summed E-state index contributed by atoms with van der Waals surface area (Å²) in [4.78, 5) is 37.4. The molecule has 4 rings (SSSR count). The molecule has 0 saturated carbocycles. The second kappa shape index (κ2) is 7.16. The molecule has 0 unspecified atom stereocenters. The lowest BCUT2D eigenvalue weighted by atomic mass is 10.2. The van der Waals surface area contributed by atoms with Gasteiger partial charge in [-0.05, 0) is 38.7 Å². The van der Waals surface area contributed by atoms with Gasteiger partial charge in [0.2, 0.25) is 0 Å². The zero-order valence-corrected chi connectivity index (χ0v) is 17.4. The summed E-state index contributed by atoms with van der Waals surface area (Å²) in [6, 6.07) is 0. The fourth-order valence-electron chi connectivity index (χ4n) is 3.59. The van der Waals surface area contributed by atoms with Crippen LogP contribution in [-0.4, -0.2) is 20.4 Å². The highest BCUT2D eigenvalue weighted by atomic mass is 32.1. The predicted molar refractivity (Wildman–Crippen MR) is 110 cm³/mol. The second-order valence-corrected chi connectivity index (χ2v) is 9.06. The largest absolute Gasteiger partial charge is 0.297 e. The lowest BCUT2D eigenvalue weighted by molar-refractivity contribution is 0.103. The topological polar surface area (TPSA) is 76.9 Å². The minimum atomic E-state index is -0.216. The summed E-state index contributed by atoms with van der Waals surface area (Å²) in [5.74, 6) is 0.632. The smallest absolute Gasteiger partial charge is 0.267 e. The molecule has 1 aliphatic heterocycles. The molecule has 6 nitrogen and oxygen atoms in total. The maximum atomic E-state index is 13.0.